The normalized spacial score (nSPS) is 22.4. The average Bonchev–Trinajstić information content (AvgIpc) is 2.36. The van der Waals surface area contributed by atoms with Crippen molar-refractivity contribution in [3.8, 4) is 5.75 Å². The van der Waals surface area contributed by atoms with Crippen molar-refractivity contribution in [2.75, 3.05) is 13.7 Å². The van der Waals surface area contributed by atoms with Crippen molar-refractivity contribution in [2.24, 2.45) is 5.92 Å². The van der Waals surface area contributed by atoms with Crippen molar-refractivity contribution in [1.82, 2.24) is 4.72 Å². The molecule has 112 valence electrons. The maximum Gasteiger partial charge on any atom is 0.241 e. The number of benzene rings is 1. The first kappa shape index (κ1) is 15.3. The first-order chi connectivity index (χ1) is 9.46. The van der Waals surface area contributed by atoms with E-state index in [0.29, 0.717) is 17.2 Å². The number of ether oxygens (including phenoxy) is 1. The van der Waals surface area contributed by atoms with Gasteiger partial charge in [0.25, 0.3) is 0 Å². The van der Waals surface area contributed by atoms with E-state index in [1.807, 2.05) is 0 Å². The lowest BCUT2D eigenvalue weighted by atomic mass is 9.83. The summed E-state index contributed by atoms with van der Waals surface area (Å²) in [5.41, 5.74) is 0.576. The van der Waals surface area contributed by atoms with Crippen molar-refractivity contribution < 1.29 is 18.3 Å². The van der Waals surface area contributed by atoms with Gasteiger partial charge in [0.1, 0.15) is 5.75 Å². The number of hydrogen-bond acceptors (Lipinski definition) is 4. The van der Waals surface area contributed by atoms with Gasteiger partial charge < -0.3 is 9.84 Å². The molecule has 0 amide bonds. The van der Waals surface area contributed by atoms with E-state index >= 15 is 0 Å². The molecule has 0 radical (unpaired) electrons. The SMILES string of the molecule is COc1ccc(S(=O)(=O)NC2CC(C)C2)c(CCO)c1. The molecule has 5 nitrogen and oxygen atoms in total. The molecule has 1 aliphatic carbocycles. The minimum absolute atomic E-state index is 0.0269. The smallest absolute Gasteiger partial charge is 0.241 e. The lowest BCUT2D eigenvalue weighted by Gasteiger charge is -2.33. The third kappa shape index (κ3) is 3.31. The Morgan fingerprint density at radius 2 is 2.10 bits per heavy atom. The predicted molar refractivity (Wildman–Crippen MR) is 76.3 cm³/mol. The monoisotopic (exact) mass is 299 g/mol. The van der Waals surface area contributed by atoms with E-state index in [1.54, 1.807) is 12.1 Å². The van der Waals surface area contributed by atoms with Crippen LogP contribution in [0.1, 0.15) is 25.3 Å². The summed E-state index contributed by atoms with van der Waals surface area (Å²) < 4.78 is 32.6. The maximum atomic E-state index is 12.4. The molecule has 2 rings (SSSR count). The van der Waals surface area contributed by atoms with Gasteiger partial charge in [-0.05, 0) is 48.9 Å². The quantitative estimate of drug-likeness (QED) is 0.830. The first-order valence-electron chi connectivity index (χ1n) is 6.76. The fourth-order valence-corrected chi connectivity index (χ4v) is 4.05. The minimum atomic E-state index is -3.54. The second-order valence-electron chi connectivity index (χ2n) is 5.34. The molecule has 6 heteroatoms. The third-order valence-corrected chi connectivity index (χ3v) is 5.25. The van der Waals surface area contributed by atoms with Crippen LogP contribution in [0.2, 0.25) is 0 Å². The maximum absolute atomic E-state index is 12.4. The van der Waals surface area contributed by atoms with Crippen molar-refractivity contribution in [3.05, 3.63) is 23.8 Å². The molecule has 2 N–H and O–H groups in total. The van der Waals surface area contributed by atoms with Crippen molar-refractivity contribution in [2.45, 2.75) is 37.1 Å². The van der Waals surface area contributed by atoms with Gasteiger partial charge in [-0.15, -0.1) is 0 Å². The standard InChI is InChI=1S/C14H21NO4S/c1-10-7-12(8-10)15-20(17,18)14-4-3-13(19-2)9-11(14)5-6-16/h3-4,9-10,12,15-16H,5-8H2,1-2H3. The molecule has 20 heavy (non-hydrogen) atoms. The van der Waals surface area contributed by atoms with Gasteiger partial charge in [-0.1, -0.05) is 6.92 Å². The highest BCUT2D eigenvalue weighted by molar-refractivity contribution is 7.89. The van der Waals surface area contributed by atoms with E-state index in [9.17, 15) is 8.42 Å². The molecule has 0 spiro atoms. The summed E-state index contributed by atoms with van der Waals surface area (Å²) in [5.74, 6) is 1.17. The summed E-state index contributed by atoms with van der Waals surface area (Å²) in [6, 6.07) is 4.85. The zero-order chi connectivity index (χ0) is 14.8. The largest absolute Gasteiger partial charge is 0.497 e. The number of hydrogen-bond donors (Lipinski definition) is 2. The van der Waals surface area contributed by atoms with E-state index in [1.165, 1.54) is 13.2 Å². The summed E-state index contributed by atoms with van der Waals surface area (Å²) in [4.78, 5) is 0.229. The highest BCUT2D eigenvalue weighted by Gasteiger charge is 2.30. The number of rotatable bonds is 6. The molecule has 1 fully saturated rings. The Balaban J connectivity index is 2.25. The van der Waals surface area contributed by atoms with Crippen LogP contribution in [0.4, 0.5) is 0 Å². The van der Waals surface area contributed by atoms with Crippen molar-refractivity contribution in [1.29, 1.82) is 0 Å². The van der Waals surface area contributed by atoms with Crippen LogP contribution in [-0.4, -0.2) is 33.3 Å². The molecular formula is C14H21NO4S. The van der Waals surface area contributed by atoms with E-state index in [0.717, 1.165) is 12.8 Å². The molecule has 1 saturated carbocycles. The highest BCUT2D eigenvalue weighted by Crippen LogP contribution is 2.29. The summed E-state index contributed by atoms with van der Waals surface area (Å²) in [6.07, 6.45) is 2.05. The Kier molecular flexibility index (Phi) is 4.67. The molecule has 0 unspecified atom stereocenters. The zero-order valence-electron chi connectivity index (χ0n) is 11.8. The molecule has 0 bridgehead atoms. The Hall–Kier alpha value is -1.11. The molecule has 0 aromatic heterocycles. The Bertz CT molecular complexity index is 565. The van der Waals surface area contributed by atoms with Gasteiger partial charge in [0, 0.05) is 12.6 Å². The summed E-state index contributed by atoms with van der Waals surface area (Å²) in [6.45, 7) is 2.01. The van der Waals surface area contributed by atoms with Crippen LogP contribution >= 0.6 is 0 Å². The third-order valence-electron chi connectivity index (χ3n) is 3.63. The van der Waals surface area contributed by atoms with Crippen LogP contribution in [0.3, 0.4) is 0 Å². The van der Waals surface area contributed by atoms with Crippen LogP contribution in [0.25, 0.3) is 0 Å². The van der Waals surface area contributed by atoms with Gasteiger partial charge in [0.2, 0.25) is 10.0 Å². The van der Waals surface area contributed by atoms with E-state index in [4.69, 9.17) is 9.84 Å². The molecule has 0 aliphatic heterocycles. The van der Waals surface area contributed by atoms with E-state index in [-0.39, 0.29) is 24.0 Å². The van der Waals surface area contributed by atoms with Gasteiger partial charge in [0.15, 0.2) is 0 Å². The highest BCUT2D eigenvalue weighted by atomic mass is 32.2. The number of sulfonamides is 1. The molecular weight excluding hydrogens is 278 g/mol. The second-order valence-corrected chi connectivity index (χ2v) is 7.02. The molecule has 1 aromatic rings. The van der Waals surface area contributed by atoms with Gasteiger partial charge in [0.05, 0.1) is 12.0 Å². The molecule has 0 atom stereocenters. The lowest BCUT2D eigenvalue weighted by Crippen LogP contribution is -2.43. The minimum Gasteiger partial charge on any atom is -0.497 e. The fraction of sp³-hybridized carbons (Fsp3) is 0.571. The van der Waals surface area contributed by atoms with Crippen molar-refractivity contribution >= 4 is 10.0 Å². The Labute approximate surface area is 120 Å². The topological polar surface area (TPSA) is 75.6 Å². The summed E-state index contributed by atoms with van der Waals surface area (Å²) >= 11 is 0. The molecule has 0 saturated heterocycles. The number of nitrogens with one attached hydrogen (secondary N) is 1. The number of methoxy groups -OCH3 is 1. The van der Waals surface area contributed by atoms with E-state index < -0.39 is 10.0 Å². The van der Waals surface area contributed by atoms with E-state index in [2.05, 4.69) is 11.6 Å². The summed E-state index contributed by atoms with van der Waals surface area (Å²) in [5, 5.41) is 9.09. The molecule has 1 aliphatic rings. The van der Waals surface area contributed by atoms with Gasteiger partial charge in [-0.3, -0.25) is 0 Å². The molecule has 0 heterocycles. The first-order valence-corrected chi connectivity index (χ1v) is 8.24. The van der Waals surface area contributed by atoms with Gasteiger partial charge in [-0.25, -0.2) is 13.1 Å². The molecule has 1 aromatic carbocycles. The van der Waals surface area contributed by atoms with Crippen LogP contribution in [0, 0.1) is 5.92 Å². The average molecular weight is 299 g/mol. The van der Waals surface area contributed by atoms with Gasteiger partial charge >= 0.3 is 0 Å². The Morgan fingerprint density at radius 3 is 2.65 bits per heavy atom. The van der Waals surface area contributed by atoms with Crippen LogP contribution < -0.4 is 9.46 Å². The van der Waals surface area contributed by atoms with Crippen LogP contribution in [0.5, 0.6) is 5.75 Å². The summed E-state index contributed by atoms with van der Waals surface area (Å²) in [7, 11) is -2.01. The zero-order valence-corrected chi connectivity index (χ0v) is 12.6. The number of aliphatic hydroxyl groups excluding tert-OH is 1. The second kappa shape index (κ2) is 6.11. The van der Waals surface area contributed by atoms with Crippen LogP contribution in [0.15, 0.2) is 23.1 Å². The number of aliphatic hydroxyl groups is 1. The van der Waals surface area contributed by atoms with Crippen LogP contribution in [-0.2, 0) is 16.4 Å². The lowest BCUT2D eigenvalue weighted by molar-refractivity contribution is 0.270. The van der Waals surface area contributed by atoms with Gasteiger partial charge in [-0.2, -0.15) is 0 Å². The fourth-order valence-electron chi connectivity index (χ4n) is 2.54. The predicted octanol–water partition coefficient (Wildman–Crippen LogP) is 1.31. The van der Waals surface area contributed by atoms with Crippen molar-refractivity contribution in [3.63, 3.8) is 0 Å². The Morgan fingerprint density at radius 1 is 1.40 bits per heavy atom.